The van der Waals surface area contributed by atoms with E-state index in [1.165, 1.54) is 0 Å². The zero-order chi connectivity index (χ0) is 7.84. The Hall–Kier alpha value is -1.51. The van der Waals surface area contributed by atoms with Crippen LogP contribution < -0.4 is 5.73 Å². The summed E-state index contributed by atoms with van der Waals surface area (Å²) in [5, 5.41) is 1.14. The largest absolute Gasteiger partial charge is 0.384 e. The maximum absolute atomic E-state index is 5.55. The first-order chi connectivity index (χ1) is 5.27. The number of fused-ring (bicyclic) bond motifs is 1. The second-order valence-electron chi connectivity index (χ2n) is 2.60. The third-order valence-electron chi connectivity index (χ3n) is 1.76. The van der Waals surface area contributed by atoms with Gasteiger partial charge in [-0.25, -0.2) is 4.98 Å². The van der Waals surface area contributed by atoms with E-state index in [2.05, 4.69) is 9.97 Å². The summed E-state index contributed by atoms with van der Waals surface area (Å²) in [6, 6.07) is 3.87. The van der Waals surface area contributed by atoms with Crippen molar-refractivity contribution in [3.8, 4) is 0 Å². The van der Waals surface area contributed by atoms with Crippen molar-refractivity contribution in [3.05, 3.63) is 23.9 Å². The van der Waals surface area contributed by atoms with Crippen molar-refractivity contribution in [3.63, 3.8) is 0 Å². The maximum atomic E-state index is 5.55. The van der Waals surface area contributed by atoms with E-state index in [4.69, 9.17) is 5.73 Å². The Balaban J connectivity index is 2.91. The molecule has 0 aliphatic carbocycles. The minimum atomic E-state index is 0.567. The van der Waals surface area contributed by atoms with Crippen LogP contribution in [-0.2, 0) is 0 Å². The van der Waals surface area contributed by atoms with Crippen molar-refractivity contribution in [2.45, 2.75) is 6.92 Å². The Kier molecular flexibility index (Phi) is 1.12. The van der Waals surface area contributed by atoms with Gasteiger partial charge in [-0.2, -0.15) is 0 Å². The third kappa shape index (κ3) is 0.852. The first-order valence-corrected chi connectivity index (χ1v) is 3.47. The summed E-state index contributed by atoms with van der Waals surface area (Å²) in [4.78, 5) is 7.13. The van der Waals surface area contributed by atoms with Crippen molar-refractivity contribution in [2.24, 2.45) is 0 Å². The summed E-state index contributed by atoms with van der Waals surface area (Å²) in [5.74, 6) is 0.567. The molecule has 0 unspecified atom stereocenters. The lowest BCUT2D eigenvalue weighted by atomic mass is 10.2. The van der Waals surface area contributed by atoms with Crippen LogP contribution in [0.2, 0.25) is 0 Å². The van der Waals surface area contributed by atoms with Crippen LogP contribution in [0.1, 0.15) is 5.56 Å². The molecule has 0 radical (unpaired) electrons. The van der Waals surface area contributed by atoms with E-state index >= 15 is 0 Å². The van der Waals surface area contributed by atoms with Crippen LogP contribution in [0, 0.1) is 6.92 Å². The van der Waals surface area contributed by atoms with E-state index in [9.17, 15) is 0 Å². The van der Waals surface area contributed by atoms with Gasteiger partial charge in [0.2, 0.25) is 0 Å². The van der Waals surface area contributed by atoms with E-state index < -0.39 is 0 Å². The average Bonchev–Trinajstić information content (AvgIpc) is 2.34. The number of hydrogen-bond acceptors (Lipinski definition) is 2. The number of aromatic amines is 1. The number of hydrogen-bond donors (Lipinski definition) is 2. The van der Waals surface area contributed by atoms with E-state index in [1.54, 1.807) is 0 Å². The van der Waals surface area contributed by atoms with Gasteiger partial charge < -0.3 is 10.7 Å². The van der Waals surface area contributed by atoms with Gasteiger partial charge in [0, 0.05) is 11.6 Å². The van der Waals surface area contributed by atoms with Crippen molar-refractivity contribution in [2.75, 3.05) is 5.73 Å². The minimum Gasteiger partial charge on any atom is -0.384 e. The van der Waals surface area contributed by atoms with Gasteiger partial charge in [0.25, 0.3) is 0 Å². The normalized spacial score (nSPS) is 10.6. The molecule has 0 amide bonds. The molecular formula is C8H9N3. The Morgan fingerprint density at radius 2 is 2.36 bits per heavy atom. The number of nitrogen functional groups attached to an aromatic ring is 1. The van der Waals surface area contributed by atoms with Crippen LogP contribution in [0.25, 0.3) is 11.0 Å². The number of anilines is 1. The highest BCUT2D eigenvalue weighted by Gasteiger charge is 1.99. The number of H-pyrrole nitrogens is 1. The summed E-state index contributed by atoms with van der Waals surface area (Å²) < 4.78 is 0. The van der Waals surface area contributed by atoms with Crippen molar-refractivity contribution < 1.29 is 0 Å². The molecule has 3 N–H and O–H groups in total. The van der Waals surface area contributed by atoms with Gasteiger partial charge in [-0.15, -0.1) is 0 Å². The lowest BCUT2D eigenvalue weighted by Gasteiger charge is -1.96. The molecule has 11 heavy (non-hydrogen) atoms. The highest BCUT2D eigenvalue weighted by Crippen LogP contribution is 2.16. The van der Waals surface area contributed by atoms with E-state index in [1.807, 2.05) is 25.3 Å². The zero-order valence-corrected chi connectivity index (χ0v) is 6.26. The van der Waals surface area contributed by atoms with E-state index in [0.29, 0.717) is 5.82 Å². The Morgan fingerprint density at radius 3 is 3.18 bits per heavy atom. The fraction of sp³-hybridized carbons (Fsp3) is 0.125. The number of rotatable bonds is 0. The number of nitrogens with one attached hydrogen (secondary N) is 1. The van der Waals surface area contributed by atoms with Crippen LogP contribution in [0.5, 0.6) is 0 Å². The van der Waals surface area contributed by atoms with Crippen molar-refractivity contribution >= 4 is 16.9 Å². The average molecular weight is 147 g/mol. The molecule has 0 aromatic carbocycles. The maximum Gasteiger partial charge on any atom is 0.139 e. The predicted octanol–water partition coefficient (Wildman–Crippen LogP) is 1.45. The summed E-state index contributed by atoms with van der Waals surface area (Å²) >= 11 is 0. The van der Waals surface area contributed by atoms with Crippen LogP contribution in [0.15, 0.2) is 18.3 Å². The van der Waals surface area contributed by atoms with Gasteiger partial charge in [-0.05, 0) is 24.6 Å². The number of nitrogens with zero attached hydrogens (tertiary/aromatic N) is 1. The predicted molar refractivity (Wildman–Crippen MR) is 45.2 cm³/mol. The molecule has 2 heterocycles. The first kappa shape index (κ1) is 6.22. The molecule has 0 aliphatic rings. The molecule has 2 aromatic heterocycles. The van der Waals surface area contributed by atoms with Gasteiger partial charge in [-0.1, -0.05) is 0 Å². The molecule has 56 valence electrons. The van der Waals surface area contributed by atoms with Crippen LogP contribution in [0.4, 0.5) is 5.82 Å². The van der Waals surface area contributed by atoms with Crippen molar-refractivity contribution in [1.82, 2.24) is 9.97 Å². The summed E-state index contributed by atoms with van der Waals surface area (Å²) in [5.41, 5.74) is 7.58. The zero-order valence-electron chi connectivity index (χ0n) is 6.26. The van der Waals surface area contributed by atoms with E-state index in [-0.39, 0.29) is 0 Å². The minimum absolute atomic E-state index is 0.567. The molecule has 0 saturated heterocycles. The number of aryl methyl sites for hydroxylation is 1. The SMILES string of the molecule is Cc1cc(N)nc2[nH]ccc12. The number of nitrogens with two attached hydrogens (primary N) is 1. The smallest absolute Gasteiger partial charge is 0.139 e. The van der Waals surface area contributed by atoms with Crippen LogP contribution >= 0.6 is 0 Å². The molecule has 0 saturated carbocycles. The Labute approximate surface area is 64.2 Å². The number of aromatic nitrogens is 2. The lowest BCUT2D eigenvalue weighted by Crippen LogP contribution is -1.90. The van der Waals surface area contributed by atoms with Crippen molar-refractivity contribution in [1.29, 1.82) is 0 Å². The highest BCUT2D eigenvalue weighted by atomic mass is 14.9. The molecule has 2 aromatic rings. The Morgan fingerprint density at radius 1 is 1.55 bits per heavy atom. The second-order valence-corrected chi connectivity index (χ2v) is 2.60. The lowest BCUT2D eigenvalue weighted by molar-refractivity contribution is 1.31. The summed E-state index contributed by atoms with van der Waals surface area (Å²) in [7, 11) is 0. The highest BCUT2D eigenvalue weighted by molar-refractivity contribution is 5.80. The second kappa shape index (κ2) is 1.99. The van der Waals surface area contributed by atoms with Gasteiger partial charge in [0.15, 0.2) is 0 Å². The quantitative estimate of drug-likeness (QED) is 0.592. The molecule has 0 bridgehead atoms. The molecule has 3 nitrogen and oxygen atoms in total. The van der Waals surface area contributed by atoms with E-state index in [0.717, 1.165) is 16.6 Å². The third-order valence-corrected chi connectivity index (χ3v) is 1.76. The fourth-order valence-corrected chi connectivity index (χ4v) is 1.23. The summed E-state index contributed by atoms with van der Waals surface area (Å²) in [6.07, 6.45) is 1.87. The molecule has 2 rings (SSSR count). The van der Waals surface area contributed by atoms with Gasteiger partial charge in [-0.3, -0.25) is 0 Å². The van der Waals surface area contributed by atoms with Crippen LogP contribution in [-0.4, -0.2) is 9.97 Å². The van der Waals surface area contributed by atoms with Crippen LogP contribution in [0.3, 0.4) is 0 Å². The van der Waals surface area contributed by atoms with Gasteiger partial charge in [0.05, 0.1) is 0 Å². The molecule has 0 atom stereocenters. The molecular weight excluding hydrogens is 138 g/mol. The van der Waals surface area contributed by atoms with Gasteiger partial charge >= 0.3 is 0 Å². The molecule has 0 fully saturated rings. The first-order valence-electron chi connectivity index (χ1n) is 3.47. The fourth-order valence-electron chi connectivity index (χ4n) is 1.23. The standard InChI is InChI=1S/C8H9N3/c1-5-4-7(9)11-8-6(5)2-3-10-8/h2-4H,1H3,(H3,9,10,11). The topological polar surface area (TPSA) is 54.7 Å². The Bertz CT molecular complexity index is 389. The summed E-state index contributed by atoms with van der Waals surface area (Å²) in [6.45, 7) is 2.02. The molecule has 3 heteroatoms. The van der Waals surface area contributed by atoms with Gasteiger partial charge in [0.1, 0.15) is 11.5 Å². The number of pyridine rings is 1. The monoisotopic (exact) mass is 147 g/mol. The molecule has 0 spiro atoms. The molecule has 0 aliphatic heterocycles.